The van der Waals surface area contributed by atoms with E-state index in [4.69, 9.17) is 4.74 Å². The van der Waals surface area contributed by atoms with Crippen LogP contribution in [0.3, 0.4) is 0 Å². The molecule has 0 radical (unpaired) electrons. The molecule has 1 aliphatic rings. The van der Waals surface area contributed by atoms with E-state index in [1.54, 1.807) is 0 Å². The van der Waals surface area contributed by atoms with Crippen LogP contribution in [-0.4, -0.2) is 43.7 Å². The summed E-state index contributed by atoms with van der Waals surface area (Å²) in [5.41, 5.74) is 0. The van der Waals surface area contributed by atoms with E-state index < -0.39 is 0 Å². The molecule has 1 fully saturated rings. The Kier molecular flexibility index (Phi) is 4.83. The van der Waals surface area contributed by atoms with Crippen molar-refractivity contribution in [3.8, 4) is 5.75 Å². The molecule has 1 saturated heterocycles. The average Bonchev–Trinajstić information content (AvgIpc) is 2.32. The topological polar surface area (TPSA) is 24.5 Å². The number of piperazine rings is 1. The van der Waals surface area contributed by atoms with Crippen LogP contribution >= 0.6 is 15.9 Å². The molecule has 0 amide bonds. The summed E-state index contributed by atoms with van der Waals surface area (Å²) in [6, 6.07) is 8.60. The highest BCUT2D eigenvalue weighted by Crippen LogP contribution is 2.17. The molecule has 3 nitrogen and oxygen atoms in total. The lowest BCUT2D eigenvalue weighted by atomic mass is 10.2. The molecule has 0 spiro atoms. The summed E-state index contributed by atoms with van der Waals surface area (Å²) in [6.07, 6.45) is 0. The van der Waals surface area contributed by atoms with Gasteiger partial charge in [0.2, 0.25) is 0 Å². The number of benzene rings is 1. The Labute approximate surface area is 111 Å². The van der Waals surface area contributed by atoms with Gasteiger partial charge in [-0.05, 0) is 25.1 Å². The fourth-order valence-electron chi connectivity index (χ4n) is 2.05. The summed E-state index contributed by atoms with van der Waals surface area (Å²) >= 11 is 3.44. The van der Waals surface area contributed by atoms with E-state index in [0.717, 1.165) is 43.0 Å². The van der Waals surface area contributed by atoms with Gasteiger partial charge in [0, 0.05) is 36.7 Å². The van der Waals surface area contributed by atoms with Gasteiger partial charge >= 0.3 is 0 Å². The lowest BCUT2D eigenvalue weighted by molar-refractivity contribution is 0.143. The smallest absolute Gasteiger partial charge is 0.120 e. The zero-order valence-electron chi connectivity index (χ0n) is 10.2. The van der Waals surface area contributed by atoms with Gasteiger partial charge in [0.15, 0.2) is 0 Å². The predicted octanol–water partition coefficient (Wildman–Crippen LogP) is 2.12. The molecule has 1 atom stereocenters. The number of hydrogen-bond acceptors (Lipinski definition) is 3. The number of halogens is 1. The van der Waals surface area contributed by atoms with Crippen molar-refractivity contribution in [2.24, 2.45) is 0 Å². The fraction of sp³-hybridized carbons (Fsp3) is 0.538. The molecule has 2 rings (SSSR count). The summed E-state index contributed by atoms with van der Waals surface area (Å²) in [7, 11) is 0. The van der Waals surface area contributed by atoms with E-state index in [9.17, 15) is 0 Å². The van der Waals surface area contributed by atoms with Gasteiger partial charge in [-0.15, -0.1) is 0 Å². The molecule has 1 N–H and O–H groups in total. The van der Waals surface area contributed by atoms with Gasteiger partial charge in [0.25, 0.3) is 0 Å². The summed E-state index contributed by atoms with van der Waals surface area (Å²) in [5.74, 6) is 0.933. The third-order valence-corrected chi connectivity index (χ3v) is 3.58. The lowest BCUT2D eigenvalue weighted by Gasteiger charge is -2.33. The van der Waals surface area contributed by atoms with Crippen molar-refractivity contribution >= 4 is 15.9 Å². The summed E-state index contributed by atoms with van der Waals surface area (Å²) in [6.45, 7) is 7.28. The summed E-state index contributed by atoms with van der Waals surface area (Å²) in [4.78, 5) is 2.47. The van der Waals surface area contributed by atoms with Crippen LogP contribution in [0.5, 0.6) is 5.75 Å². The molecule has 94 valence electrons. The van der Waals surface area contributed by atoms with Crippen LogP contribution < -0.4 is 10.1 Å². The minimum absolute atomic E-state index is 0.606. The van der Waals surface area contributed by atoms with E-state index in [1.165, 1.54) is 0 Å². The zero-order chi connectivity index (χ0) is 12.1. The number of rotatable bonds is 4. The third kappa shape index (κ3) is 3.98. The van der Waals surface area contributed by atoms with Crippen LogP contribution in [0.25, 0.3) is 0 Å². The first-order chi connectivity index (χ1) is 8.25. The highest BCUT2D eigenvalue weighted by atomic mass is 79.9. The molecule has 0 saturated carbocycles. The van der Waals surface area contributed by atoms with E-state index in [1.807, 2.05) is 24.3 Å². The molecular formula is C13H19BrN2O. The zero-order valence-corrected chi connectivity index (χ0v) is 11.7. The van der Waals surface area contributed by atoms with E-state index in [2.05, 4.69) is 33.1 Å². The normalized spacial score (nSPS) is 21.4. The second-order valence-corrected chi connectivity index (χ2v) is 5.31. The highest BCUT2D eigenvalue weighted by molar-refractivity contribution is 9.10. The van der Waals surface area contributed by atoms with Crippen molar-refractivity contribution < 1.29 is 4.74 Å². The highest BCUT2D eigenvalue weighted by Gasteiger charge is 2.16. The van der Waals surface area contributed by atoms with Crippen LogP contribution in [0, 0.1) is 0 Å². The van der Waals surface area contributed by atoms with E-state index in [-0.39, 0.29) is 0 Å². The quantitative estimate of drug-likeness (QED) is 0.922. The average molecular weight is 299 g/mol. The first-order valence-electron chi connectivity index (χ1n) is 6.09. The first-order valence-corrected chi connectivity index (χ1v) is 6.88. The van der Waals surface area contributed by atoms with Gasteiger partial charge in [0.1, 0.15) is 12.4 Å². The maximum Gasteiger partial charge on any atom is 0.120 e. The Morgan fingerprint density at radius 3 is 3.18 bits per heavy atom. The minimum Gasteiger partial charge on any atom is -0.492 e. The van der Waals surface area contributed by atoms with Gasteiger partial charge in [-0.1, -0.05) is 22.0 Å². The first kappa shape index (κ1) is 12.9. The maximum absolute atomic E-state index is 5.75. The molecule has 1 aromatic carbocycles. The Morgan fingerprint density at radius 1 is 1.53 bits per heavy atom. The van der Waals surface area contributed by atoms with Gasteiger partial charge < -0.3 is 10.1 Å². The number of hydrogen-bond donors (Lipinski definition) is 1. The van der Waals surface area contributed by atoms with E-state index in [0.29, 0.717) is 6.04 Å². The number of ether oxygens (including phenoxy) is 1. The SMILES string of the molecule is CC1CNCCN1CCOc1cccc(Br)c1. The van der Waals surface area contributed by atoms with Gasteiger partial charge in [-0.25, -0.2) is 0 Å². The standard InChI is InChI=1S/C13H19BrN2O/c1-11-10-15-5-6-16(11)7-8-17-13-4-2-3-12(14)9-13/h2-4,9,11,15H,5-8,10H2,1H3. The molecule has 0 aliphatic carbocycles. The molecule has 1 unspecified atom stereocenters. The molecule has 1 heterocycles. The van der Waals surface area contributed by atoms with Crippen molar-refractivity contribution in [1.29, 1.82) is 0 Å². The molecule has 0 bridgehead atoms. The Bertz CT molecular complexity index is 359. The van der Waals surface area contributed by atoms with Crippen LogP contribution in [0.15, 0.2) is 28.7 Å². The molecule has 17 heavy (non-hydrogen) atoms. The molecular weight excluding hydrogens is 280 g/mol. The van der Waals surface area contributed by atoms with E-state index >= 15 is 0 Å². The number of nitrogens with zero attached hydrogens (tertiary/aromatic N) is 1. The van der Waals surface area contributed by atoms with Crippen molar-refractivity contribution in [1.82, 2.24) is 10.2 Å². The fourth-order valence-corrected chi connectivity index (χ4v) is 2.43. The molecule has 4 heteroatoms. The second kappa shape index (κ2) is 6.38. The number of nitrogens with one attached hydrogen (secondary N) is 1. The van der Waals surface area contributed by atoms with Crippen molar-refractivity contribution in [2.75, 3.05) is 32.8 Å². The van der Waals surface area contributed by atoms with Crippen LogP contribution in [0.4, 0.5) is 0 Å². The monoisotopic (exact) mass is 298 g/mol. The molecule has 1 aromatic rings. The molecule has 1 aliphatic heterocycles. The van der Waals surface area contributed by atoms with Gasteiger partial charge in [-0.3, -0.25) is 4.90 Å². The van der Waals surface area contributed by atoms with Crippen LogP contribution in [-0.2, 0) is 0 Å². The van der Waals surface area contributed by atoms with Crippen molar-refractivity contribution in [3.63, 3.8) is 0 Å². The lowest BCUT2D eigenvalue weighted by Crippen LogP contribution is -2.50. The Balaban J connectivity index is 1.75. The molecule has 0 aromatic heterocycles. The summed E-state index contributed by atoms with van der Waals surface area (Å²) < 4.78 is 6.81. The van der Waals surface area contributed by atoms with Gasteiger partial charge in [0.05, 0.1) is 0 Å². The Morgan fingerprint density at radius 2 is 2.41 bits per heavy atom. The van der Waals surface area contributed by atoms with Crippen molar-refractivity contribution in [2.45, 2.75) is 13.0 Å². The van der Waals surface area contributed by atoms with Crippen molar-refractivity contribution in [3.05, 3.63) is 28.7 Å². The third-order valence-electron chi connectivity index (χ3n) is 3.08. The summed E-state index contributed by atoms with van der Waals surface area (Å²) in [5, 5.41) is 3.39. The largest absolute Gasteiger partial charge is 0.492 e. The van der Waals surface area contributed by atoms with Gasteiger partial charge in [-0.2, -0.15) is 0 Å². The second-order valence-electron chi connectivity index (χ2n) is 4.39. The Hall–Kier alpha value is -0.580. The maximum atomic E-state index is 5.75. The predicted molar refractivity (Wildman–Crippen MR) is 73.5 cm³/mol. The van der Waals surface area contributed by atoms with Crippen LogP contribution in [0.1, 0.15) is 6.92 Å². The minimum atomic E-state index is 0.606. The van der Waals surface area contributed by atoms with Crippen LogP contribution in [0.2, 0.25) is 0 Å².